The predicted molar refractivity (Wildman–Crippen MR) is 77.3 cm³/mol. The van der Waals surface area contributed by atoms with Gasteiger partial charge < -0.3 is 15.4 Å². The Hall–Kier alpha value is -2.81. The number of methoxy groups -OCH3 is 1. The zero-order valence-corrected chi connectivity index (χ0v) is 11.6. The minimum atomic E-state index is 0.492. The van der Waals surface area contributed by atoms with Crippen LogP contribution in [0, 0.1) is 18.3 Å². The average molecular weight is 269 g/mol. The molecule has 0 aliphatic carbocycles. The third kappa shape index (κ3) is 2.78. The molecule has 0 amide bonds. The van der Waals surface area contributed by atoms with Crippen LogP contribution in [0.1, 0.15) is 11.3 Å². The van der Waals surface area contributed by atoms with Crippen LogP contribution in [-0.2, 0) is 0 Å². The summed E-state index contributed by atoms with van der Waals surface area (Å²) in [6.07, 6.45) is 0. The molecular weight excluding hydrogens is 254 g/mol. The standard InChI is InChI=1S/C14H15N5O/c1-9-7-12(19-14(16-2)17-9)18-13-10(8-15)5-4-6-11(13)20-3/h4-7H,1-3H3,(H2,16,17,18,19). The monoisotopic (exact) mass is 269 g/mol. The zero-order valence-electron chi connectivity index (χ0n) is 11.6. The Labute approximate surface area is 117 Å². The molecule has 0 saturated heterocycles. The fraction of sp³-hybridized carbons (Fsp3) is 0.214. The smallest absolute Gasteiger partial charge is 0.224 e. The van der Waals surface area contributed by atoms with Crippen LogP contribution in [0.4, 0.5) is 17.5 Å². The van der Waals surface area contributed by atoms with Crippen LogP contribution >= 0.6 is 0 Å². The largest absolute Gasteiger partial charge is 0.495 e. The van der Waals surface area contributed by atoms with Gasteiger partial charge in [-0.15, -0.1) is 0 Å². The lowest BCUT2D eigenvalue weighted by Gasteiger charge is -2.13. The maximum absolute atomic E-state index is 9.18. The highest BCUT2D eigenvalue weighted by molar-refractivity contribution is 5.72. The summed E-state index contributed by atoms with van der Waals surface area (Å²) >= 11 is 0. The number of nitrogens with zero attached hydrogens (tertiary/aromatic N) is 3. The highest BCUT2D eigenvalue weighted by atomic mass is 16.5. The first-order chi connectivity index (χ1) is 9.67. The van der Waals surface area contributed by atoms with Crippen molar-refractivity contribution in [3.8, 4) is 11.8 Å². The Kier molecular flexibility index (Phi) is 4.01. The summed E-state index contributed by atoms with van der Waals surface area (Å²) in [4.78, 5) is 8.52. The molecule has 102 valence electrons. The van der Waals surface area contributed by atoms with Crippen molar-refractivity contribution >= 4 is 17.5 Å². The molecule has 1 heterocycles. The molecule has 1 aromatic carbocycles. The Morgan fingerprint density at radius 2 is 2.10 bits per heavy atom. The first-order valence-corrected chi connectivity index (χ1v) is 6.05. The van der Waals surface area contributed by atoms with Gasteiger partial charge in [0.15, 0.2) is 0 Å². The number of hydrogen-bond donors (Lipinski definition) is 2. The molecule has 1 aromatic heterocycles. The van der Waals surface area contributed by atoms with Crippen molar-refractivity contribution in [1.29, 1.82) is 5.26 Å². The van der Waals surface area contributed by atoms with E-state index >= 15 is 0 Å². The van der Waals surface area contributed by atoms with Crippen LogP contribution in [0.5, 0.6) is 5.75 Å². The van der Waals surface area contributed by atoms with Gasteiger partial charge in [0.2, 0.25) is 5.95 Å². The molecule has 0 aliphatic heterocycles. The van der Waals surface area contributed by atoms with Crippen LogP contribution in [0.15, 0.2) is 24.3 Å². The van der Waals surface area contributed by atoms with E-state index in [0.717, 1.165) is 5.69 Å². The molecule has 2 N–H and O–H groups in total. The van der Waals surface area contributed by atoms with Crippen molar-refractivity contribution in [2.24, 2.45) is 0 Å². The van der Waals surface area contributed by atoms with Gasteiger partial charge >= 0.3 is 0 Å². The molecule has 2 rings (SSSR count). The number of ether oxygens (including phenoxy) is 1. The number of aryl methyl sites for hydroxylation is 1. The maximum Gasteiger partial charge on any atom is 0.224 e. The molecule has 0 unspecified atom stereocenters. The lowest BCUT2D eigenvalue weighted by molar-refractivity contribution is 0.416. The van der Waals surface area contributed by atoms with E-state index in [2.05, 4.69) is 26.7 Å². The fourth-order valence-electron chi connectivity index (χ4n) is 1.80. The Morgan fingerprint density at radius 1 is 1.30 bits per heavy atom. The minimum absolute atomic E-state index is 0.492. The third-order valence-electron chi connectivity index (χ3n) is 2.70. The number of nitrogens with one attached hydrogen (secondary N) is 2. The summed E-state index contributed by atoms with van der Waals surface area (Å²) in [6.45, 7) is 1.88. The number of nitriles is 1. The summed E-state index contributed by atoms with van der Waals surface area (Å²) in [5, 5.41) is 15.2. The molecule has 0 spiro atoms. The summed E-state index contributed by atoms with van der Waals surface area (Å²) in [5.74, 6) is 1.70. The predicted octanol–water partition coefficient (Wildman–Crippen LogP) is 2.45. The van der Waals surface area contributed by atoms with Crippen LogP contribution in [0.3, 0.4) is 0 Å². The second-order valence-corrected chi connectivity index (χ2v) is 4.09. The SMILES string of the molecule is CNc1nc(C)cc(Nc2c(C#N)cccc2OC)n1. The van der Waals surface area contributed by atoms with E-state index in [1.807, 2.05) is 6.92 Å². The first-order valence-electron chi connectivity index (χ1n) is 6.05. The third-order valence-corrected chi connectivity index (χ3v) is 2.70. The van der Waals surface area contributed by atoms with E-state index in [-0.39, 0.29) is 0 Å². The lowest BCUT2D eigenvalue weighted by Crippen LogP contribution is -2.04. The number of benzene rings is 1. The van der Waals surface area contributed by atoms with Crippen molar-refractivity contribution in [1.82, 2.24) is 9.97 Å². The molecule has 20 heavy (non-hydrogen) atoms. The Balaban J connectivity index is 2.44. The average Bonchev–Trinajstić information content (AvgIpc) is 2.46. The Bertz CT molecular complexity index is 663. The summed E-state index contributed by atoms with van der Waals surface area (Å²) in [5.41, 5.74) is 1.91. The topological polar surface area (TPSA) is 82.9 Å². The minimum Gasteiger partial charge on any atom is -0.495 e. The Morgan fingerprint density at radius 3 is 2.75 bits per heavy atom. The molecule has 6 heteroatoms. The normalized spacial score (nSPS) is 9.70. The van der Waals surface area contributed by atoms with Gasteiger partial charge in [-0.1, -0.05) is 6.07 Å². The highest BCUT2D eigenvalue weighted by Gasteiger charge is 2.10. The van der Waals surface area contributed by atoms with Gasteiger partial charge in [-0.05, 0) is 19.1 Å². The molecule has 0 aliphatic rings. The molecule has 0 bridgehead atoms. The summed E-state index contributed by atoms with van der Waals surface area (Å²) < 4.78 is 5.27. The van der Waals surface area contributed by atoms with E-state index in [1.54, 1.807) is 38.4 Å². The second-order valence-electron chi connectivity index (χ2n) is 4.09. The number of para-hydroxylation sites is 1. The van der Waals surface area contributed by atoms with Crippen LogP contribution in [0.25, 0.3) is 0 Å². The second kappa shape index (κ2) is 5.89. The van der Waals surface area contributed by atoms with E-state index < -0.39 is 0 Å². The molecule has 0 saturated carbocycles. The van der Waals surface area contributed by atoms with Gasteiger partial charge in [-0.2, -0.15) is 10.2 Å². The van der Waals surface area contributed by atoms with Crippen LogP contribution in [-0.4, -0.2) is 24.1 Å². The van der Waals surface area contributed by atoms with Gasteiger partial charge in [0.05, 0.1) is 12.7 Å². The van der Waals surface area contributed by atoms with Crippen molar-refractivity contribution in [3.05, 3.63) is 35.5 Å². The summed E-state index contributed by atoms with van der Waals surface area (Å²) in [7, 11) is 3.31. The van der Waals surface area contributed by atoms with Gasteiger partial charge in [-0.25, -0.2) is 4.98 Å². The van der Waals surface area contributed by atoms with Crippen molar-refractivity contribution in [3.63, 3.8) is 0 Å². The van der Waals surface area contributed by atoms with Gasteiger partial charge in [0.1, 0.15) is 23.3 Å². The van der Waals surface area contributed by atoms with Gasteiger partial charge in [0.25, 0.3) is 0 Å². The van der Waals surface area contributed by atoms with Crippen LogP contribution in [0.2, 0.25) is 0 Å². The molecule has 6 nitrogen and oxygen atoms in total. The van der Waals surface area contributed by atoms with Gasteiger partial charge in [0, 0.05) is 18.8 Å². The highest BCUT2D eigenvalue weighted by Crippen LogP contribution is 2.30. The van der Waals surface area contributed by atoms with Crippen molar-refractivity contribution in [2.45, 2.75) is 6.92 Å². The number of anilines is 3. The lowest BCUT2D eigenvalue weighted by atomic mass is 10.1. The fourth-order valence-corrected chi connectivity index (χ4v) is 1.80. The molecular formula is C14H15N5O. The maximum atomic E-state index is 9.18. The van der Waals surface area contributed by atoms with Crippen molar-refractivity contribution in [2.75, 3.05) is 24.8 Å². The van der Waals surface area contributed by atoms with E-state index in [4.69, 9.17) is 4.74 Å². The quantitative estimate of drug-likeness (QED) is 0.887. The van der Waals surface area contributed by atoms with Crippen molar-refractivity contribution < 1.29 is 4.74 Å². The number of rotatable bonds is 4. The van der Waals surface area contributed by atoms with E-state index in [0.29, 0.717) is 28.8 Å². The summed E-state index contributed by atoms with van der Waals surface area (Å²) in [6, 6.07) is 9.21. The van der Waals surface area contributed by atoms with E-state index in [1.165, 1.54) is 0 Å². The van der Waals surface area contributed by atoms with Crippen LogP contribution < -0.4 is 15.4 Å². The first kappa shape index (κ1) is 13.6. The van der Waals surface area contributed by atoms with Gasteiger partial charge in [-0.3, -0.25) is 0 Å². The molecule has 0 atom stereocenters. The molecule has 0 fully saturated rings. The van der Waals surface area contributed by atoms with E-state index in [9.17, 15) is 5.26 Å². The molecule has 2 aromatic rings. The number of hydrogen-bond acceptors (Lipinski definition) is 6. The number of aromatic nitrogens is 2. The zero-order chi connectivity index (χ0) is 14.5. The molecule has 0 radical (unpaired) electrons.